The molecular formula is C10H14OS. The van der Waals surface area contributed by atoms with Crippen LogP contribution in [-0.4, -0.2) is 12.0 Å². The molecule has 0 saturated heterocycles. The van der Waals surface area contributed by atoms with Crippen LogP contribution in [0.25, 0.3) is 0 Å². The topological polar surface area (TPSA) is 17.1 Å². The molecule has 0 amide bonds. The third-order valence-electron chi connectivity index (χ3n) is 1.20. The number of carbonyl (C=O) groups excluding carboxylic acids is 1. The lowest BCUT2D eigenvalue weighted by molar-refractivity contribution is -0.107. The van der Waals surface area contributed by atoms with Gasteiger partial charge in [0.05, 0.1) is 0 Å². The zero-order chi connectivity index (χ0) is 9.40. The van der Waals surface area contributed by atoms with E-state index in [4.69, 9.17) is 0 Å². The molecule has 0 unspecified atom stereocenters. The van der Waals surface area contributed by atoms with Crippen molar-refractivity contribution in [3.05, 3.63) is 35.8 Å². The zero-order valence-corrected chi connectivity index (χ0v) is 8.19. The van der Waals surface area contributed by atoms with E-state index in [2.05, 4.69) is 13.2 Å². The molecule has 0 spiro atoms. The van der Waals surface area contributed by atoms with Gasteiger partial charge in [0.1, 0.15) is 6.29 Å². The minimum Gasteiger partial charge on any atom is -0.303 e. The molecule has 0 saturated carbocycles. The Morgan fingerprint density at radius 3 is 2.67 bits per heavy atom. The summed E-state index contributed by atoms with van der Waals surface area (Å²) in [6.45, 7) is 9.31. The summed E-state index contributed by atoms with van der Waals surface area (Å²) in [5.74, 6) is 0.833. The highest BCUT2D eigenvalue weighted by molar-refractivity contribution is 8.03. The molecule has 0 N–H and O–H groups in total. The summed E-state index contributed by atoms with van der Waals surface area (Å²) in [5.41, 5.74) is 1.09. The van der Waals surface area contributed by atoms with Gasteiger partial charge in [-0.2, -0.15) is 0 Å². The van der Waals surface area contributed by atoms with Crippen LogP contribution in [0.1, 0.15) is 13.3 Å². The fourth-order valence-corrected chi connectivity index (χ4v) is 1.31. The van der Waals surface area contributed by atoms with Crippen molar-refractivity contribution in [2.24, 2.45) is 0 Å². The van der Waals surface area contributed by atoms with Crippen molar-refractivity contribution in [3.63, 3.8) is 0 Å². The Labute approximate surface area is 78.2 Å². The molecule has 2 heteroatoms. The van der Waals surface area contributed by atoms with Gasteiger partial charge in [0, 0.05) is 12.2 Å². The highest BCUT2D eigenvalue weighted by Crippen LogP contribution is 2.17. The van der Waals surface area contributed by atoms with Gasteiger partial charge in [-0.3, -0.25) is 0 Å². The molecule has 0 aromatic rings. The molecular weight excluding hydrogens is 168 g/mol. The van der Waals surface area contributed by atoms with Crippen molar-refractivity contribution in [1.29, 1.82) is 0 Å². The maximum atomic E-state index is 10.2. The molecule has 0 aromatic heterocycles. The molecule has 0 atom stereocenters. The fraction of sp³-hybridized carbons (Fsp3) is 0.300. The third kappa shape index (κ3) is 5.98. The van der Waals surface area contributed by atoms with E-state index >= 15 is 0 Å². The third-order valence-corrected chi connectivity index (χ3v) is 2.21. The van der Waals surface area contributed by atoms with E-state index in [0.717, 1.165) is 22.5 Å². The molecule has 0 bridgehead atoms. The second-order valence-corrected chi connectivity index (χ2v) is 3.70. The van der Waals surface area contributed by atoms with Crippen LogP contribution >= 0.6 is 11.8 Å². The number of allylic oxidation sites excluding steroid dienone is 3. The van der Waals surface area contributed by atoms with Gasteiger partial charge in [0.2, 0.25) is 0 Å². The standard InChI is InChI=1S/C10H14OS/c1-4-5-10(6-7-11)8-12-9(2)3/h4-5,7H,1-2,6,8H2,3H3/b10-5-. The molecule has 0 aliphatic heterocycles. The lowest BCUT2D eigenvalue weighted by Gasteiger charge is -2.01. The maximum Gasteiger partial charge on any atom is 0.124 e. The fourth-order valence-electron chi connectivity index (χ4n) is 0.665. The number of hydrogen-bond acceptors (Lipinski definition) is 2. The van der Waals surface area contributed by atoms with Crippen LogP contribution in [0.4, 0.5) is 0 Å². The minimum absolute atomic E-state index is 0.492. The molecule has 0 aromatic carbocycles. The Bertz CT molecular complexity index is 204. The molecule has 0 aliphatic rings. The van der Waals surface area contributed by atoms with Gasteiger partial charge in [-0.1, -0.05) is 30.9 Å². The number of carbonyl (C=O) groups is 1. The van der Waals surface area contributed by atoms with Gasteiger partial charge >= 0.3 is 0 Å². The molecule has 66 valence electrons. The largest absolute Gasteiger partial charge is 0.303 e. The Morgan fingerprint density at radius 2 is 2.25 bits per heavy atom. The van der Waals surface area contributed by atoms with Crippen LogP contribution in [0.5, 0.6) is 0 Å². The van der Waals surface area contributed by atoms with E-state index in [-0.39, 0.29) is 0 Å². The van der Waals surface area contributed by atoms with Crippen LogP contribution in [0.3, 0.4) is 0 Å². The Kier molecular flexibility index (Phi) is 6.48. The van der Waals surface area contributed by atoms with E-state index in [1.165, 1.54) is 0 Å². The quantitative estimate of drug-likeness (QED) is 0.464. The van der Waals surface area contributed by atoms with Crippen LogP contribution in [0.15, 0.2) is 35.8 Å². The summed E-state index contributed by atoms with van der Waals surface area (Å²) in [4.78, 5) is 11.3. The summed E-state index contributed by atoms with van der Waals surface area (Å²) in [7, 11) is 0. The van der Waals surface area contributed by atoms with Gasteiger partial charge < -0.3 is 4.79 Å². The van der Waals surface area contributed by atoms with Crippen LogP contribution in [0.2, 0.25) is 0 Å². The zero-order valence-electron chi connectivity index (χ0n) is 7.38. The summed E-state index contributed by atoms with van der Waals surface area (Å²) < 4.78 is 0. The normalized spacial score (nSPS) is 10.9. The van der Waals surface area contributed by atoms with Crippen LogP contribution in [0, 0.1) is 0 Å². The predicted octanol–water partition coefficient (Wildman–Crippen LogP) is 2.95. The highest BCUT2D eigenvalue weighted by atomic mass is 32.2. The molecule has 0 radical (unpaired) electrons. The SMILES string of the molecule is C=C/C=C(/CC=O)CSC(=C)C. The molecule has 0 rings (SSSR count). The average molecular weight is 182 g/mol. The van der Waals surface area contributed by atoms with Gasteiger partial charge in [0.25, 0.3) is 0 Å². The van der Waals surface area contributed by atoms with Crippen LogP contribution in [-0.2, 0) is 4.79 Å². The van der Waals surface area contributed by atoms with Crippen molar-refractivity contribution in [1.82, 2.24) is 0 Å². The van der Waals surface area contributed by atoms with Crippen molar-refractivity contribution in [2.45, 2.75) is 13.3 Å². The lowest BCUT2D eigenvalue weighted by atomic mass is 10.2. The first-order chi connectivity index (χ1) is 5.70. The van der Waals surface area contributed by atoms with E-state index in [0.29, 0.717) is 6.42 Å². The lowest BCUT2D eigenvalue weighted by Crippen LogP contribution is -1.88. The average Bonchev–Trinajstić information content (AvgIpc) is 2.01. The van der Waals surface area contributed by atoms with Gasteiger partial charge in [-0.05, 0) is 11.8 Å². The van der Waals surface area contributed by atoms with E-state index in [1.807, 2.05) is 13.0 Å². The number of rotatable bonds is 6. The molecule has 12 heavy (non-hydrogen) atoms. The molecule has 0 fully saturated rings. The van der Waals surface area contributed by atoms with Gasteiger partial charge in [-0.25, -0.2) is 0 Å². The monoisotopic (exact) mass is 182 g/mol. The number of hydrogen-bond donors (Lipinski definition) is 0. The first-order valence-electron chi connectivity index (χ1n) is 3.73. The Morgan fingerprint density at radius 1 is 1.58 bits per heavy atom. The van der Waals surface area contributed by atoms with Crippen molar-refractivity contribution in [2.75, 3.05) is 5.75 Å². The number of thioether (sulfide) groups is 1. The summed E-state index contributed by atoms with van der Waals surface area (Å²) in [6, 6.07) is 0. The minimum atomic E-state index is 0.492. The Hall–Kier alpha value is -0.760. The van der Waals surface area contributed by atoms with Crippen molar-refractivity contribution < 1.29 is 4.79 Å². The summed E-state index contributed by atoms with van der Waals surface area (Å²) in [6.07, 6.45) is 4.99. The van der Waals surface area contributed by atoms with E-state index < -0.39 is 0 Å². The summed E-state index contributed by atoms with van der Waals surface area (Å²) >= 11 is 1.65. The second kappa shape index (κ2) is 6.92. The Balaban J connectivity index is 3.95. The first-order valence-corrected chi connectivity index (χ1v) is 4.71. The highest BCUT2D eigenvalue weighted by Gasteiger charge is 1.95. The first kappa shape index (κ1) is 11.2. The smallest absolute Gasteiger partial charge is 0.124 e. The van der Waals surface area contributed by atoms with Gasteiger partial charge in [0.15, 0.2) is 0 Å². The van der Waals surface area contributed by atoms with Gasteiger partial charge in [-0.15, -0.1) is 11.8 Å². The van der Waals surface area contributed by atoms with E-state index in [9.17, 15) is 4.79 Å². The maximum absolute atomic E-state index is 10.2. The van der Waals surface area contributed by atoms with E-state index in [1.54, 1.807) is 17.8 Å². The van der Waals surface area contributed by atoms with Crippen molar-refractivity contribution in [3.8, 4) is 0 Å². The molecule has 1 nitrogen and oxygen atoms in total. The van der Waals surface area contributed by atoms with Crippen molar-refractivity contribution >= 4 is 18.0 Å². The summed E-state index contributed by atoms with van der Waals surface area (Å²) in [5, 5.41) is 0. The molecule has 0 aliphatic carbocycles. The number of aldehydes is 1. The second-order valence-electron chi connectivity index (χ2n) is 2.42. The van der Waals surface area contributed by atoms with Crippen LogP contribution < -0.4 is 0 Å². The predicted molar refractivity (Wildman–Crippen MR) is 56.2 cm³/mol. The molecule has 0 heterocycles.